The van der Waals surface area contributed by atoms with Crippen LogP contribution in [0.2, 0.25) is 5.02 Å². The molecule has 0 radical (unpaired) electrons. The van der Waals surface area contributed by atoms with Crippen molar-refractivity contribution in [1.29, 1.82) is 0 Å². The predicted molar refractivity (Wildman–Crippen MR) is 104 cm³/mol. The van der Waals surface area contributed by atoms with Gasteiger partial charge in [0, 0.05) is 10.7 Å². The summed E-state index contributed by atoms with van der Waals surface area (Å²) in [4.78, 5) is 19.7. The second-order valence-electron chi connectivity index (χ2n) is 5.64. The predicted octanol–water partition coefficient (Wildman–Crippen LogP) is 4.34. The minimum Gasteiger partial charge on any atom is -0.465 e. The Labute approximate surface area is 161 Å². The van der Waals surface area contributed by atoms with Crippen molar-refractivity contribution >= 4 is 34.8 Å². The summed E-state index contributed by atoms with van der Waals surface area (Å²) >= 11 is 6.05. The number of hydrogen-bond acceptors (Lipinski definition) is 7. The number of ether oxygens (including phenoxy) is 2. The van der Waals surface area contributed by atoms with Gasteiger partial charge in [-0.15, -0.1) is 0 Å². The van der Waals surface area contributed by atoms with Crippen LogP contribution in [0.4, 0.5) is 17.2 Å². The van der Waals surface area contributed by atoms with Gasteiger partial charge in [-0.25, -0.2) is 9.78 Å². The molecule has 0 aliphatic rings. The molecule has 0 unspecified atom stereocenters. The van der Waals surface area contributed by atoms with Crippen molar-refractivity contribution in [2.24, 2.45) is 0 Å². The molecule has 7 nitrogen and oxygen atoms in total. The fourth-order valence-electron chi connectivity index (χ4n) is 2.31. The molecule has 0 fully saturated rings. The molecule has 3 aromatic rings. The topological polar surface area (TPSA) is 99.4 Å². The number of hydrogen-bond donors (Lipinski definition) is 2. The summed E-state index contributed by atoms with van der Waals surface area (Å²) in [5, 5.41) is 3.73. The molecule has 0 atom stereocenters. The van der Waals surface area contributed by atoms with Crippen LogP contribution < -0.4 is 15.8 Å². The van der Waals surface area contributed by atoms with E-state index in [0.717, 1.165) is 11.3 Å². The van der Waals surface area contributed by atoms with Gasteiger partial charge < -0.3 is 20.5 Å². The number of anilines is 3. The lowest BCUT2D eigenvalue weighted by Crippen LogP contribution is -2.04. The summed E-state index contributed by atoms with van der Waals surface area (Å²) in [6.07, 6.45) is 1.34. The molecular weight excluding hydrogens is 368 g/mol. The summed E-state index contributed by atoms with van der Waals surface area (Å²) in [6, 6.07) is 11.9. The van der Waals surface area contributed by atoms with Gasteiger partial charge in [-0.2, -0.15) is 4.98 Å². The standard InChI is InChI=1S/C19H17ClN4O3/c1-11-3-6-13(20)9-15(11)24-17-16(21)18(23-10-22-17)27-14-7-4-12(5-8-14)19(25)26-2/h3-10H,21H2,1-2H3,(H,22,23,24). The van der Waals surface area contributed by atoms with Gasteiger partial charge in [0.1, 0.15) is 17.8 Å². The van der Waals surface area contributed by atoms with E-state index in [0.29, 0.717) is 22.2 Å². The van der Waals surface area contributed by atoms with Crippen molar-refractivity contribution in [1.82, 2.24) is 9.97 Å². The summed E-state index contributed by atoms with van der Waals surface area (Å²) in [5.74, 6) is 0.638. The van der Waals surface area contributed by atoms with Crippen molar-refractivity contribution in [3.63, 3.8) is 0 Å². The number of esters is 1. The van der Waals surface area contributed by atoms with E-state index in [1.54, 1.807) is 36.4 Å². The van der Waals surface area contributed by atoms with Crippen molar-refractivity contribution in [2.45, 2.75) is 6.92 Å². The second-order valence-corrected chi connectivity index (χ2v) is 6.08. The third kappa shape index (κ3) is 4.27. The number of aryl methyl sites for hydroxylation is 1. The van der Waals surface area contributed by atoms with E-state index in [1.807, 2.05) is 13.0 Å². The number of nitrogens with two attached hydrogens (primary N) is 1. The SMILES string of the molecule is COC(=O)c1ccc(Oc2ncnc(Nc3cc(Cl)ccc3C)c2N)cc1. The highest BCUT2D eigenvalue weighted by Crippen LogP contribution is 2.32. The number of nitrogens with zero attached hydrogens (tertiary/aromatic N) is 2. The zero-order chi connectivity index (χ0) is 19.4. The Morgan fingerprint density at radius 3 is 2.59 bits per heavy atom. The van der Waals surface area contributed by atoms with Gasteiger partial charge in [-0.3, -0.25) is 0 Å². The summed E-state index contributed by atoms with van der Waals surface area (Å²) in [7, 11) is 1.32. The number of benzene rings is 2. The molecule has 0 aliphatic heterocycles. The summed E-state index contributed by atoms with van der Waals surface area (Å²) < 4.78 is 10.4. The molecule has 2 aromatic carbocycles. The lowest BCUT2D eigenvalue weighted by atomic mass is 10.2. The molecular formula is C19H17ClN4O3. The van der Waals surface area contributed by atoms with Crippen LogP contribution in [-0.4, -0.2) is 23.0 Å². The lowest BCUT2D eigenvalue weighted by molar-refractivity contribution is 0.0600. The van der Waals surface area contributed by atoms with Crippen molar-refractivity contribution in [2.75, 3.05) is 18.2 Å². The zero-order valence-corrected chi connectivity index (χ0v) is 15.4. The average molecular weight is 385 g/mol. The van der Waals surface area contributed by atoms with E-state index in [-0.39, 0.29) is 11.6 Å². The van der Waals surface area contributed by atoms with Crippen molar-refractivity contribution in [3.8, 4) is 11.6 Å². The van der Waals surface area contributed by atoms with Gasteiger partial charge in [0.15, 0.2) is 5.82 Å². The Morgan fingerprint density at radius 2 is 1.89 bits per heavy atom. The summed E-state index contributed by atoms with van der Waals surface area (Å²) in [5.41, 5.74) is 8.57. The fraction of sp³-hybridized carbons (Fsp3) is 0.105. The van der Waals surface area contributed by atoms with Crippen LogP contribution in [0.25, 0.3) is 0 Å². The van der Waals surface area contributed by atoms with Gasteiger partial charge in [0.2, 0.25) is 5.88 Å². The highest BCUT2D eigenvalue weighted by molar-refractivity contribution is 6.30. The van der Waals surface area contributed by atoms with Crippen LogP contribution in [0, 0.1) is 6.92 Å². The van der Waals surface area contributed by atoms with E-state index in [1.165, 1.54) is 13.4 Å². The van der Waals surface area contributed by atoms with E-state index >= 15 is 0 Å². The first-order valence-corrected chi connectivity index (χ1v) is 8.35. The molecule has 0 saturated heterocycles. The summed E-state index contributed by atoms with van der Waals surface area (Å²) in [6.45, 7) is 1.94. The number of carbonyl (C=O) groups excluding carboxylic acids is 1. The van der Waals surface area contributed by atoms with E-state index in [9.17, 15) is 4.79 Å². The minimum absolute atomic E-state index is 0.193. The molecule has 0 spiro atoms. The monoisotopic (exact) mass is 384 g/mol. The molecule has 27 heavy (non-hydrogen) atoms. The molecule has 0 bridgehead atoms. The molecule has 3 N–H and O–H groups in total. The number of methoxy groups -OCH3 is 1. The van der Waals surface area contributed by atoms with E-state index in [4.69, 9.17) is 22.1 Å². The molecule has 1 heterocycles. The number of rotatable bonds is 5. The van der Waals surface area contributed by atoms with Gasteiger partial charge >= 0.3 is 5.97 Å². The molecule has 0 amide bonds. The Kier molecular flexibility index (Phi) is 5.42. The Balaban J connectivity index is 1.82. The Hall–Kier alpha value is -3.32. The quantitative estimate of drug-likeness (QED) is 0.631. The highest BCUT2D eigenvalue weighted by atomic mass is 35.5. The third-order valence-electron chi connectivity index (χ3n) is 3.79. The minimum atomic E-state index is -0.425. The molecule has 0 saturated carbocycles. The fourth-order valence-corrected chi connectivity index (χ4v) is 2.48. The molecule has 0 aliphatic carbocycles. The largest absolute Gasteiger partial charge is 0.465 e. The molecule has 1 aromatic heterocycles. The third-order valence-corrected chi connectivity index (χ3v) is 4.03. The van der Waals surface area contributed by atoms with Crippen molar-refractivity contribution < 1.29 is 14.3 Å². The van der Waals surface area contributed by atoms with Crippen LogP contribution in [0.3, 0.4) is 0 Å². The highest BCUT2D eigenvalue weighted by Gasteiger charge is 2.12. The maximum atomic E-state index is 11.5. The van der Waals surface area contributed by atoms with Gasteiger partial charge in [-0.1, -0.05) is 17.7 Å². The number of nitrogens with one attached hydrogen (secondary N) is 1. The first-order chi connectivity index (χ1) is 13.0. The Bertz CT molecular complexity index is 977. The molecule has 3 rings (SSSR count). The van der Waals surface area contributed by atoms with Crippen LogP contribution in [0.5, 0.6) is 11.6 Å². The van der Waals surface area contributed by atoms with E-state index in [2.05, 4.69) is 20.0 Å². The van der Waals surface area contributed by atoms with Crippen LogP contribution in [0.1, 0.15) is 15.9 Å². The van der Waals surface area contributed by atoms with Crippen LogP contribution in [-0.2, 0) is 4.74 Å². The number of halogens is 1. The number of nitrogen functional groups attached to an aromatic ring is 1. The van der Waals surface area contributed by atoms with Gasteiger partial charge in [0.05, 0.1) is 12.7 Å². The zero-order valence-electron chi connectivity index (χ0n) is 14.7. The van der Waals surface area contributed by atoms with E-state index < -0.39 is 5.97 Å². The van der Waals surface area contributed by atoms with Crippen molar-refractivity contribution in [3.05, 3.63) is 64.9 Å². The molecule has 8 heteroatoms. The first-order valence-electron chi connectivity index (χ1n) is 7.98. The average Bonchev–Trinajstić information content (AvgIpc) is 2.67. The lowest BCUT2D eigenvalue weighted by Gasteiger charge is -2.13. The number of carbonyl (C=O) groups is 1. The van der Waals surface area contributed by atoms with Crippen LogP contribution in [0.15, 0.2) is 48.8 Å². The van der Waals surface area contributed by atoms with Gasteiger partial charge in [-0.05, 0) is 48.9 Å². The normalized spacial score (nSPS) is 10.3. The van der Waals surface area contributed by atoms with Crippen LogP contribution >= 0.6 is 11.6 Å². The Morgan fingerprint density at radius 1 is 1.15 bits per heavy atom. The smallest absolute Gasteiger partial charge is 0.337 e. The number of aromatic nitrogens is 2. The maximum Gasteiger partial charge on any atom is 0.337 e. The maximum absolute atomic E-state index is 11.5. The second kappa shape index (κ2) is 7.92. The van der Waals surface area contributed by atoms with Gasteiger partial charge in [0.25, 0.3) is 0 Å². The first kappa shape index (κ1) is 18.5. The molecule has 138 valence electrons.